The summed E-state index contributed by atoms with van der Waals surface area (Å²) in [6.45, 7) is 0. The van der Waals surface area contributed by atoms with Crippen LogP contribution in [0.25, 0.3) is 0 Å². The standard InChI is InChI=1S/C6H6O.Mn/c7-5-6-3-1-2-4-6;/h1,3H,2,4H2;. The molecule has 2 heteroatoms. The van der Waals surface area contributed by atoms with Crippen molar-refractivity contribution in [2.45, 2.75) is 12.8 Å². The van der Waals surface area contributed by atoms with Crippen molar-refractivity contribution >= 4 is 5.94 Å². The molecule has 0 saturated carbocycles. The minimum Gasteiger partial charge on any atom is -0.233 e. The Morgan fingerprint density at radius 2 is 2.38 bits per heavy atom. The Kier molecular flexibility index (Phi) is 3.55. The van der Waals surface area contributed by atoms with Crippen LogP contribution in [0.5, 0.6) is 0 Å². The SMILES string of the molecule is O=C=C1C=CCC1.[Mn]. The maximum absolute atomic E-state index is 9.79. The van der Waals surface area contributed by atoms with E-state index in [9.17, 15) is 4.79 Å². The third-order valence-corrected chi connectivity index (χ3v) is 1.03. The van der Waals surface area contributed by atoms with E-state index < -0.39 is 0 Å². The Morgan fingerprint density at radius 3 is 2.62 bits per heavy atom. The first kappa shape index (κ1) is 7.71. The zero-order valence-corrected chi connectivity index (χ0v) is 5.54. The van der Waals surface area contributed by atoms with E-state index in [1.54, 1.807) is 0 Å². The Balaban J connectivity index is 0.000000490. The molecule has 1 aliphatic carbocycles. The average Bonchev–Trinajstić information content (AvgIpc) is 2.14. The molecule has 1 radical (unpaired) electrons. The molecule has 0 aromatic carbocycles. The molecule has 0 N–H and O–H groups in total. The van der Waals surface area contributed by atoms with Crippen LogP contribution in [0.4, 0.5) is 0 Å². The van der Waals surface area contributed by atoms with Gasteiger partial charge in [0, 0.05) is 22.6 Å². The molecular formula is C6H6MnO. The summed E-state index contributed by atoms with van der Waals surface area (Å²) in [6, 6.07) is 0. The van der Waals surface area contributed by atoms with Gasteiger partial charge in [-0.15, -0.1) is 0 Å². The van der Waals surface area contributed by atoms with Crippen LogP contribution in [0.1, 0.15) is 12.8 Å². The maximum Gasteiger partial charge on any atom is 0.127 e. The summed E-state index contributed by atoms with van der Waals surface area (Å²) < 4.78 is 0. The Hall–Kier alpha value is -0.291. The number of rotatable bonds is 0. The van der Waals surface area contributed by atoms with E-state index in [2.05, 4.69) is 0 Å². The fraction of sp³-hybridized carbons (Fsp3) is 0.333. The summed E-state index contributed by atoms with van der Waals surface area (Å²) in [6.07, 6.45) is 5.72. The summed E-state index contributed by atoms with van der Waals surface area (Å²) in [4.78, 5) is 9.79. The maximum atomic E-state index is 9.79. The van der Waals surface area contributed by atoms with Gasteiger partial charge in [-0.3, -0.25) is 0 Å². The molecule has 0 bridgehead atoms. The molecule has 0 spiro atoms. The summed E-state index contributed by atoms with van der Waals surface area (Å²) in [5.41, 5.74) is 0.806. The molecule has 1 aliphatic rings. The van der Waals surface area contributed by atoms with Gasteiger partial charge in [0.1, 0.15) is 5.94 Å². The van der Waals surface area contributed by atoms with Gasteiger partial charge >= 0.3 is 0 Å². The Bertz CT molecular complexity index is 143. The second-order valence-electron chi connectivity index (χ2n) is 1.57. The molecule has 0 atom stereocenters. The van der Waals surface area contributed by atoms with Gasteiger partial charge in [-0.05, 0) is 12.8 Å². The number of hydrogen-bond acceptors (Lipinski definition) is 1. The van der Waals surface area contributed by atoms with Crippen LogP contribution in [-0.2, 0) is 21.9 Å². The molecule has 43 valence electrons. The predicted molar refractivity (Wildman–Crippen MR) is 27.6 cm³/mol. The molecule has 0 aromatic rings. The second-order valence-corrected chi connectivity index (χ2v) is 1.57. The smallest absolute Gasteiger partial charge is 0.127 e. The number of carbonyl (C=O) groups excluding carboxylic acids is 1. The van der Waals surface area contributed by atoms with Gasteiger partial charge in [0.25, 0.3) is 0 Å². The molecular weight excluding hydrogens is 143 g/mol. The van der Waals surface area contributed by atoms with Gasteiger partial charge in [0.15, 0.2) is 0 Å². The third kappa shape index (κ3) is 1.67. The fourth-order valence-electron chi connectivity index (χ4n) is 0.633. The van der Waals surface area contributed by atoms with Crippen molar-refractivity contribution in [1.29, 1.82) is 0 Å². The summed E-state index contributed by atoms with van der Waals surface area (Å²) in [5, 5.41) is 0. The summed E-state index contributed by atoms with van der Waals surface area (Å²) >= 11 is 0. The van der Waals surface area contributed by atoms with Crippen LogP contribution in [0.15, 0.2) is 17.7 Å². The van der Waals surface area contributed by atoms with Crippen molar-refractivity contribution in [2.75, 3.05) is 0 Å². The molecule has 0 unspecified atom stereocenters. The Labute approximate surface area is 58.9 Å². The van der Waals surface area contributed by atoms with Crippen LogP contribution in [0, 0.1) is 0 Å². The van der Waals surface area contributed by atoms with Gasteiger partial charge in [-0.25, -0.2) is 4.79 Å². The van der Waals surface area contributed by atoms with Gasteiger partial charge < -0.3 is 0 Å². The summed E-state index contributed by atoms with van der Waals surface area (Å²) in [5.74, 6) is 1.84. The molecule has 0 aliphatic heterocycles. The van der Waals surface area contributed by atoms with Gasteiger partial charge in [-0.1, -0.05) is 12.2 Å². The number of allylic oxidation sites excluding steroid dienone is 3. The van der Waals surface area contributed by atoms with E-state index in [0.29, 0.717) is 0 Å². The number of hydrogen-bond donors (Lipinski definition) is 0. The van der Waals surface area contributed by atoms with Crippen molar-refractivity contribution in [2.24, 2.45) is 0 Å². The zero-order chi connectivity index (χ0) is 5.11. The molecule has 0 saturated heterocycles. The van der Waals surface area contributed by atoms with E-state index >= 15 is 0 Å². The van der Waals surface area contributed by atoms with E-state index in [4.69, 9.17) is 0 Å². The fourth-order valence-corrected chi connectivity index (χ4v) is 0.633. The molecule has 0 aromatic heterocycles. The van der Waals surface area contributed by atoms with Crippen LogP contribution >= 0.6 is 0 Å². The largest absolute Gasteiger partial charge is 0.233 e. The quantitative estimate of drug-likeness (QED) is 0.372. The van der Waals surface area contributed by atoms with Crippen molar-refractivity contribution < 1.29 is 21.9 Å². The van der Waals surface area contributed by atoms with Crippen molar-refractivity contribution in [3.63, 3.8) is 0 Å². The molecule has 1 nitrogen and oxygen atoms in total. The average molecular weight is 149 g/mol. The van der Waals surface area contributed by atoms with Crippen molar-refractivity contribution in [1.82, 2.24) is 0 Å². The van der Waals surface area contributed by atoms with Crippen LogP contribution < -0.4 is 0 Å². The van der Waals surface area contributed by atoms with Crippen LogP contribution in [0.3, 0.4) is 0 Å². The van der Waals surface area contributed by atoms with E-state index in [1.807, 2.05) is 18.1 Å². The van der Waals surface area contributed by atoms with Crippen LogP contribution in [0.2, 0.25) is 0 Å². The van der Waals surface area contributed by atoms with Gasteiger partial charge in [0.05, 0.1) is 0 Å². The van der Waals surface area contributed by atoms with E-state index in [1.165, 1.54) is 0 Å². The minimum absolute atomic E-state index is 0. The minimum atomic E-state index is 0. The van der Waals surface area contributed by atoms with Gasteiger partial charge in [-0.2, -0.15) is 0 Å². The molecule has 0 fully saturated rings. The topological polar surface area (TPSA) is 17.1 Å². The zero-order valence-electron chi connectivity index (χ0n) is 4.36. The molecule has 1 rings (SSSR count). The first-order chi connectivity index (χ1) is 3.43. The molecule has 0 heterocycles. The van der Waals surface area contributed by atoms with Gasteiger partial charge in [0.2, 0.25) is 0 Å². The normalized spacial score (nSPS) is 15.2. The van der Waals surface area contributed by atoms with E-state index in [-0.39, 0.29) is 17.1 Å². The van der Waals surface area contributed by atoms with E-state index in [0.717, 1.165) is 18.4 Å². The molecule has 8 heavy (non-hydrogen) atoms. The van der Waals surface area contributed by atoms with Crippen LogP contribution in [-0.4, -0.2) is 5.94 Å². The monoisotopic (exact) mass is 149 g/mol. The molecule has 0 amide bonds. The Morgan fingerprint density at radius 1 is 1.62 bits per heavy atom. The summed E-state index contributed by atoms with van der Waals surface area (Å²) in [7, 11) is 0. The third-order valence-electron chi connectivity index (χ3n) is 1.03. The predicted octanol–water partition coefficient (Wildman–Crippen LogP) is 1.09. The first-order valence-electron chi connectivity index (χ1n) is 2.34. The second kappa shape index (κ2) is 3.68. The first-order valence-corrected chi connectivity index (χ1v) is 2.34. The van der Waals surface area contributed by atoms with Crippen molar-refractivity contribution in [3.05, 3.63) is 17.7 Å². The van der Waals surface area contributed by atoms with Crippen molar-refractivity contribution in [3.8, 4) is 0 Å².